The van der Waals surface area contributed by atoms with Gasteiger partial charge in [0.25, 0.3) is 0 Å². The molecule has 0 aliphatic heterocycles. The molecule has 0 radical (unpaired) electrons. The molecular formula is C18H20N2O2S. The normalized spacial score (nSPS) is 24.3. The van der Waals surface area contributed by atoms with Crippen molar-refractivity contribution in [2.75, 3.05) is 5.73 Å². The predicted molar refractivity (Wildman–Crippen MR) is 92.6 cm³/mol. The van der Waals surface area contributed by atoms with Gasteiger partial charge in [0.05, 0.1) is 5.69 Å². The van der Waals surface area contributed by atoms with E-state index in [0.717, 1.165) is 25.0 Å². The number of thiazole rings is 1. The summed E-state index contributed by atoms with van der Waals surface area (Å²) >= 11 is 1.41. The minimum atomic E-state index is -0.920. The zero-order valence-corrected chi connectivity index (χ0v) is 13.6. The van der Waals surface area contributed by atoms with Gasteiger partial charge in [-0.3, -0.25) is 0 Å². The lowest BCUT2D eigenvalue weighted by atomic mass is 9.66. The molecule has 1 aliphatic rings. The summed E-state index contributed by atoms with van der Waals surface area (Å²) < 4.78 is 0. The molecule has 120 valence electrons. The summed E-state index contributed by atoms with van der Waals surface area (Å²) in [4.78, 5) is 15.9. The zero-order valence-electron chi connectivity index (χ0n) is 12.8. The number of nitrogen functional groups attached to an aromatic ring is 1. The topological polar surface area (TPSA) is 76.2 Å². The lowest BCUT2D eigenvalue weighted by Gasteiger charge is -2.38. The molecule has 1 fully saturated rings. The molecule has 1 aliphatic carbocycles. The van der Waals surface area contributed by atoms with Crippen LogP contribution in [0.15, 0.2) is 47.9 Å². The Kier molecular flexibility index (Phi) is 4.48. The Labute approximate surface area is 139 Å². The van der Waals surface area contributed by atoms with Crippen LogP contribution in [0.25, 0.3) is 0 Å². The van der Waals surface area contributed by atoms with E-state index in [-0.39, 0.29) is 23.3 Å². The summed E-state index contributed by atoms with van der Waals surface area (Å²) in [5.74, 6) is -0.763. The molecule has 3 N–H and O–H groups in total. The molecule has 0 amide bonds. The Bertz CT molecular complexity index is 711. The Morgan fingerprint density at radius 1 is 1.30 bits per heavy atom. The number of aliphatic carboxylic acids is 1. The van der Waals surface area contributed by atoms with E-state index < -0.39 is 5.97 Å². The fourth-order valence-electron chi connectivity index (χ4n) is 3.69. The van der Waals surface area contributed by atoms with Crippen LogP contribution >= 0.6 is 11.3 Å². The summed E-state index contributed by atoms with van der Waals surface area (Å²) in [6.45, 7) is 3.83. The number of carboxylic acid groups (broad SMARTS) is 1. The zero-order chi connectivity index (χ0) is 16.4. The van der Waals surface area contributed by atoms with E-state index in [4.69, 9.17) is 5.73 Å². The largest absolute Gasteiger partial charge is 0.478 e. The van der Waals surface area contributed by atoms with Crippen molar-refractivity contribution in [3.8, 4) is 0 Å². The fraction of sp³-hybridized carbons (Fsp3) is 0.333. The SMILES string of the molecule is C=C(C(=O)O)C1CCCC(c2ccccc2)C1c1csc(N)n1. The van der Waals surface area contributed by atoms with Crippen LogP contribution in [-0.4, -0.2) is 16.1 Å². The van der Waals surface area contributed by atoms with Crippen LogP contribution in [0.2, 0.25) is 0 Å². The summed E-state index contributed by atoms with van der Waals surface area (Å²) in [5, 5.41) is 11.9. The number of carboxylic acids is 1. The second-order valence-corrected chi connectivity index (χ2v) is 6.91. The van der Waals surface area contributed by atoms with Gasteiger partial charge >= 0.3 is 5.97 Å². The molecule has 23 heavy (non-hydrogen) atoms. The third-order valence-electron chi connectivity index (χ3n) is 4.73. The van der Waals surface area contributed by atoms with Gasteiger partial charge in [-0.25, -0.2) is 9.78 Å². The molecule has 0 bridgehead atoms. The minimum absolute atomic E-state index is 0.0169. The van der Waals surface area contributed by atoms with Gasteiger partial charge in [-0.15, -0.1) is 11.3 Å². The number of hydrogen-bond donors (Lipinski definition) is 2. The van der Waals surface area contributed by atoms with Crippen molar-refractivity contribution in [1.82, 2.24) is 4.98 Å². The summed E-state index contributed by atoms with van der Waals surface area (Å²) in [5.41, 5.74) is 8.22. The van der Waals surface area contributed by atoms with Gasteiger partial charge in [0.2, 0.25) is 0 Å². The quantitative estimate of drug-likeness (QED) is 0.831. The van der Waals surface area contributed by atoms with Crippen LogP contribution < -0.4 is 5.73 Å². The van der Waals surface area contributed by atoms with Gasteiger partial charge in [-0.05, 0) is 30.2 Å². The smallest absolute Gasteiger partial charge is 0.331 e. The Morgan fingerprint density at radius 3 is 2.65 bits per heavy atom. The van der Waals surface area contributed by atoms with Crippen molar-refractivity contribution in [1.29, 1.82) is 0 Å². The first kappa shape index (κ1) is 15.7. The maximum atomic E-state index is 11.5. The first-order valence-corrected chi connectivity index (χ1v) is 8.64. The standard InChI is InChI=1S/C18H20N2O2S/c1-11(17(21)22)13-8-5-9-14(12-6-3-2-4-7-12)16(13)15-10-23-18(19)20-15/h2-4,6-7,10,13-14,16H,1,5,8-9H2,(H2,19,20)(H,21,22). The number of rotatable bonds is 4. The van der Waals surface area contributed by atoms with Gasteiger partial charge in [0.15, 0.2) is 5.13 Å². The average Bonchev–Trinajstić information content (AvgIpc) is 3.00. The van der Waals surface area contributed by atoms with Crippen molar-refractivity contribution in [3.63, 3.8) is 0 Å². The third kappa shape index (κ3) is 3.15. The number of nitrogens with two attached hydrogens (primary N) is 1. The van der Waals surface area contributed by atoms with Crippen molar-refractivity contribution in [3.05, 3.63) is 59.1 Å². The van der Waals surface area contributed by atoms with Gasteiger partial charge in [-0.1, -0.05) is 43.3 Å². The number of nitrogens with zero attached hydrogens (tertiary/aromatic N) is 1. The number of aromatic nitrogens is 1. The number of benzene rings is 1. The Morgan fingerprint density at radius 2 is 2.04 bits per heavy atom. The summed E-state index contributed by atoms with van der Waals surface area (Å²) in [6, 6.07) is 10.3. The Balaban J connectivity index is 2.03. The monoisotopic (exact) mass is 328 g/mol. The van der Waals surface area contributed by atoms with E-state index in [1.54, 1.807) is 0 Å². The first-order chi connectivity index (χ1) is 11.1. The van der Waals surface area contributed by atoms with Crippen LogP contribution in [0.5, 0.6) is 0 Å². The highest BCUT2D eigenvalue weighted by Crippen LogP contribution is 2.49. The third-order valence-corrected chi connectivity index (χ3v) is 5.42. The van der Waals surface area contributed by atoms with Crippen molar-refractivity contribution in [2.24, 2.45) is 5.92 Å². The molecule has 4 nitrogen and oxygen atoms in total. The molecule has 1 aromatic carbocycles. The van der Waals surface area contributed by atoms with E-state index >= 15 is 0 Å². The number of anilines is 1. The van der Waals surface area contributed by atoms with Crippen molar-refractivity contribution < 1.29 is 9.90 Å². The van der Waals surface area contributed by atoms with E-state index in [1.165, 1.54) is 16.9 Å². The summed E-state index contributed by atoms with van der Waals surface area (Å²) in [7, 11) is 0. The molecule has 5 heteroatoms. The van der Waals surface area contributed by atoms with Crippen molar-refractivity contribution in [2.45, 2.75) is 31.1 Å². The van der Waals surface area contributed by atoms with Crippen molar-refractivity contribution >= 4 is 22.4 Å². The lowest BCUT2D eigenvalue weighted by molar-refractivity contribution is -0.133. The highest BCUT2D eigenvalue weighted by molar-refractivity contribution is 7.13. The minimum Gasteiger partial charge on any atom is -0.478 e. The highest BCUT2D eigenvalue weighted by atomic mass is 32.1. The average molecular weight is 328 g/mol. The van der Waals surface area contributed by atoms with Crippen LogP contribution in [-0.2, 0) is 4.79 Å². The van der Waals surface area contributed by atoms with Crippen LogP contribution in [0.4, 0.5) is 5.13 Å². The van der Waals surface area contributed by atoms with Gasteiger partial charge in [0, 0.05) is 16.9 Å². The van der Waals surface area contributed by atoms with Gasteiger partial charge < -0.3 is 10.8 Å². The highest BCUT2D eigenvalue weighted by Gasteiger charge is 2.39. The van der Waals surface area contributed by atoms with Crippen LogP contribution in [0.3, 0.4) is 0 Å². The van der Waals surface area contributed by atoms with Gasteiger partial charge in [-0.2, -0.15) is 0 Å². The molecule has 1 aromatic heterocycles. The lowest BCUT2D eigenvalue weighted by Crippen LogP contribution is -2.29. The van der Waals surface area contributed by atoms with E-state index in [1.807, 2.05) is 23.6 Å². The van der Waals surface area contributed by atoms with Crippen LogP contribution in [0, 0.1) is 5.92 Å². The molecule has 2 aromatic rings. The second-order valence-electron chi connectivity index (χ2n) is 6.02. The molecular weight excluding hydrogens is 308 g/mol. The fourth-order valence-corrected chi connectivity index (χ4v) is 4.30. The molecule has 1 heterocycles. The second kappa shape index (κ2) is 6.54. The number of carbonyl (C=O) groups is 1. The maximum absolute atomic E-state index is 11.5. The molecule has 3 unspecified atom stereocenters. The van der Waals surface area contributed by atoms with Gasteiger partial charge in [0.1, 0.15) is 0 Å². The van der Waals surface area contributed by atoms with Crippen LogP contribution in [0.1, 0.15) is 42.4 Å². The van der Waals surface area contributed by atoms with E-state index in [9.17, 15) is 9.90 Å². The Hall–Kier alpha value is -2.14. The predicted octanol–water partition coefficient (Wildman–Crippen LogP) is 4.03. The maximum Gasteiger partial charge on any atom is 0.331 e. The van der Waals surface area contributed by atoms with E-state index in [2.05, 4.69) is 23.7 Å². The molecule has 3 atom stereocenters. The molecule has 0 saturated heterocycles. The molecule has 1 saturated carbocycles. The first-order valence-electron chi connectivity index (χ1n) is 7.76. The van der Waals surface area contributed by atoms with E-state index in [0.29, 0.717) is 5.13 Å². The summed E-state index contributed by atoms with van der Waals surface area (Å²) in [6.07, 6.45) is 2.85. The molecule has 3 rings (SSSR count). The molecule has 0 spiro atoms. The number of hydrogen-bond acceptors (Lipinski definition) is 4.